The molecule has 2 aliphatic rings. The molecule has 9 heteroatoms. The molecule has 4 rings (SSSR count). The molecule has 0 radical (unpaired) electrons. The molecule has 1 unspecified atom stereocenters. The summed E-state index contributed by atoms with van der Waals surface area (Å²) < 4.78 is 36.6. The quantitative estimate of drug-likeness (QED) is 0.798. The Morgan fingerprint density at radius 1 is 1.28 bits per heavy atom. The first-order valence-electron chi connectivity index (χ1n) is 8.53. The van der Waals surface area contributed by atoms with Gasteiger partial charge in [0.25, 0.3) is 0 Å². The monoisotopic (exact) mass is 366 g/mol. The van der Waals surface area contributed by atoms with E-state index in [2.05, 4.69) is 15.0 Å². The first-order chi connectivity index (χ1) is 12.0. The molecule has 0 amide bonds. The summed E-state index contributed by atoms with van der Waals surface area (Å²) in [6.07, 6.45) is 0.582. The van der Waals surface area contributed by atoms with E-state index in [1.165, 1.54) is 0 Å². The molecule has 0 aliphatic carbocycles. The Labute approximate surface area is 146 Å². The molecule has 25 heavy (non-hydrogen) atoms. The van der Waals surface area contributed by atoms with Crippen molar-refractivity contribution in [2.24, 2.45) is 0 Å². The molecule has 2 aromatic rings. The summed E-state index contributed by atoms with van der Waals surface area (Å²) in [5, 5.41) is 4.60. The summed E-state index contributed by atoms with van der Waals surface area (Å²) in [7, 11) is -2.99. The number of furan rings is 1. The highest BCUT2D eigenvalue weighted by Gasteiger charge is 2.32. The van der Waals surface area contributed by atoms with Crippen LogP contribution < -0.4 is 0 Å². The van der Waals surface area contributed by atoms with Crippen LogP contribution in [0.5, 0.6) is 0 Å². The first kappa shape index (κ1) is 16.7. The summed E-state index contributed by atoms with van der Waals surface area (Å²) in [6.45, 7) is 5.59. The van der Waals surface area contributed by atoms with E-state index in [-0.39, 0.29) is 17.5 Å². The second-order valence-corrected chi connectivity index (χ2v) is 8.88. The molecule has 2 aliphatic heterocycles. The molecule has 8 nitrogen and oxygen atoms in total. The van der Waals surface area contributed by atoms with Crippen molar-refractivity contribution in [2.45, 2.75) is 25.9 Å². The molecule has 2 aromatic heterocycles. The summed E-state index contributed by atoms with van der Waals surface area (Å²) in [6, 6.07) is 3.56. The minimum Gasteiger partial charge on any atom is -0.458 e. The molecule has 0 N–H and O–H groups in total. The molecular formula is C16H22N4O4S. The van der Waals surface area contributed by atoms with E-state index in [0.29, 0.717) is 37.8 Å². The van der Waals surface area contributed by atoms with Crippen LogP contribution in [-0.2, 0) is 21.1 Å². The zero-order valence-corrected chi connectivity index (χ0v) is 15.0. The maximum atomic E-state index is 11.9. The third kappa shape index (κ3) is 3.63. The SMILES string of the molecule is Cc1ccc(-c2nc(CN3CCOCC3)n(C3CCS(=O)(=O)C3)n2)o1. The zero-order valence-electron chi connectivity index (χ0n) is 14.2. The number of nitrogens with zero attached hydrogens (tertiary/aromatic N) is 4. The fraction of sp³-hybridized carbons (Fsp3) is 0.625. The van der Waals surface area contributed by atoms with Crippen molar-refractivity contribution >= 4 is 9.84 Å². The molecule has 1 atom stereocenters. The number of rotatable bonds is 4. The standard InChI is InChI=1S/C16H22N4O4S/c1-12-2-3-14(24-12)16-17-15(10-19-5-7-23-8-6-19)20(18-16)13-4-9-25(21,22)11-13/h2-3,13H,4-11H2,1H3. The second-order valence-electron chi connectivity index (χ2n) is 6.65. The van der Waals surface area contributed by atoms with Crippen LogP contribution in [0.1, 0.15) is 24.0 Å². The van der Waals surface area contributed by atoms with Crippen LogP contribution >= 0.6 is 0 Å². The van der Waals surface area contributed by atoms with Crippen molar-refractivity contribution in [2.75, 3.05) is 37.8 Å². The fourth-order valence-electron chi connectivity index (χ4n) is 3.34. The van der Waals surface area contributed by atoms with Gasteiger partial charge in [-0.15, -0.1) is 5.10 Å². The highest BCUT2D eigenvalue weighted by Crippen LogP contribution is 2.27. The van der Waals surface area contributed by atoms with Crippen molar-refractivity contribution in [3.63, 3.8) is 0 Å². The Hall–Kier alpha value is -1.71. The number of hydrogen-bond donors (Lipinski definition) is 0. The highest BCUT2D eigenvalue weighted by molar-refractivity contribution is 7.91. The molecule has 2 saturated heterocycles. The molecule has 4 heterocycles. The summed E-state index contributed by atoms with van der Waals surface area (Å²) in [5.74, 6) is 3.05. The van der Waals surface area contributed by atoms with Gasteiger partial charge in [-0.3, -0.25) is 4.90 Å². The lowest BCUT2D eigenvalue weighted by atomic mass is 10.2. The lowest BCUT2D eigenvalue weighted by Gasteiger charge is -2.26. The number of morpholine rings is 1. The molecule has 136 valence electrons. The van der Waals surface area contributed by atoms with Gasteiger partial charge in [0.2, 0.25) is 5.82 Å². The Balaban J connectivity index is 1.65. The maximum absolute atomic E-state index is 11.9. The summed E-state index contributed by atoms with van der Waals surface area (Å²) >= 11 is 0. The average Bonchev–Trinajstić information content (AvgIpc) is 3.27. The van der Waals surface area contributed by atoms with Crippen molar-refractivity contribution in [3.8, 4) is 11.6 Å². The smallest absolute Gasteiger partial charge is 0.217 e. The van der Waals surface area contributed by atoms with Crippen molar-refractivity contribution in [3.05, 3.63) is 23.7 Å². The Morgan fingerprint density at radius 2 is 2.08 bits per heavy atom. The normalized spacial score (nSPS) is 24.0. The van der Waals surface area contributed by atoms with Gasteiger partial charge < -0.3 is 9.15 Å². The molecule has 2 fully saturated rings. The van der Waals surface area contributed by atoms with E-state index >= 15 is 0 Å². The third-order valence-electron chi connectivity index (χ3n) is 4.69. The number of aryl methyl sites for hydroxylation is 1. The van der Waals surface area contributed by atoms with Crippen LogP contribution in [0.25, 0.3) is 11.6 Å². The third-order valence-corrected chi connectivity index (χ3v) is 6.44. The zero-order chi connectivity index (χ0) is 17.4. The van der Waals surface area contributed by atoms with E-state index in [4.69, 9.17) is 9.15 Å². The summed E-state index contributed by atoms with van der Waals surface area (Å²) in [5.41, 5.74) is 0. The van der Waals surface area contributed by atoms with Gasteiger partial charge in [0, 0.05) is 13.1 Å². The van der Waals surface area contributed by atoms with E-state index in [1.807, 2.05) is 19.1 Å². The lowest BCUT2D eigenvalue weighted by molar-refractivity contribution is 0.0322. The molecule has 0 bridgehead atoms. The van der Waals surface area contributed by atoms with Crippen molar-refractivity contribution < 1.29 is 17.6 Å². The van der Waals surface area contributed by atoms with Crippen LogP contribution in [0.3, 0.4) is 0 Å². The van der Waals surface area contributed by atoms with Gasteiger partial charge in [0.05, 0.1) is 37.3 Å². The van der Waals surface area contributed by atoms with Crippen LogP contribution in [0, 0.1) is 6.92 Å². The second kappa shape index (κ2) is 6.54. The number of sulfone groups is 1. The van der Waals surface area contributed by atoms with Crippen molar-refractivity contribution in [1.29, 1.82) is 0 Å². The van der Waals surface area contributed by atoms with Crippen molar-refractivity contribution in [1.82, 2.24) is 19.7 Å². The first-order valence-corrected chi connectivity index (χ1v) is 10.3. The van der Waals surface area contributed by atoms with Gasteiger partial charge in [-0.1, -0.05) is 0 Å². The number of aromatic nitrogens is 3. The number of ether oxygens (including phenoxy) is 1. The van der Waals surface area contributed by atoms with Gasteiger partial charge >= 0.3 is 0 Å². The van der Waals surface area contributed by atoms with E-state index < -0.39 is 9.84 Å². The largest absolute Gasteiger partial charge is 0.458 e. The lowest BCUT2D eigenvalue weighted by Crippen LogP contribution is -2.36. The molecule has 0 saturated carbocycles. The topological polar surface area (TPSA) is 90.5 Å². The van der Waals surface area contributed by atoms with Gasteiger partial charge in [-0.25, -0.2) is 18.1 Å². The van der Waals surface area contributed by atoms with Gasteiger partial charge in [-0.2, -0.15) is 0 Å². The summed E-state index contributed by atoms with van der Waals surface area (Å²) in [4.78, 5) is 6.92. The minimum absolute atomic E-state index is 0.128. The average molecular weight is 366 g/mol. The Kier molecular flexibility index (Phi) is 4.38. The van der Waals surface area contributed by atoms with Crippen LogP contribution in [0.2, 0.25) is 0 Å². The van der Waals surface area contributed by atoms with E-state index in [1.54, 1.807) is 4.68 Å². The highest BCUT2D eigenvalue weighted by atomic mass is 32.2. The van der Waals surface area contributed by atoms with Crippen LogP contribution in [0.4, 0.5) is 0 Å². The predicted molar refractivity (Wildman–Crippen MR) is 90.9 cm³/mol. The van der Waals surface area contributed by atoms with E-state index in [0.717, 1.165) is 24.7 Å². The van der Waals surface area contributed by atoms with Crippen LogP contribution in [-0.4, -0.2) is 65.9 Å². The molecule has 0 aromatic carbocycles. The minimum atomic E-state index is -2.99. The van der Waals surface area contributed by atoms with Gasteiger partial charge in [0.1, 0.15) is 11.6 Å². The Morgan fingerprint density at radius 3 is 2.72 bits per heavy atom. The predicted octanol–water partition coefficient (Wildman–Crippen LogP) is 1.04. The molecular weight excluding hydrogens is 344 g/mol. The van der Waals surface area contributed by atoms with Gasteiger partial charge in [0.15, 0.2) is 15.6 Å². The van der Waals surface area contributed by atoms with Crippen LogP contribution in [0.15, 0.2) is 16.5 Å². The fourth-order valence-corrected chi connectivity index (χ4v) is 5.03. The Bertz CT molecular complexity index is 851. The van der Waals surface area contributed by atoms with E-state index in [9.17, 15) is 8.42 Å². The maximum Gasteiger partial charge on any atom is 0.217 e. The molecule has 0 spiro atoms. The van der Waals surface area contributed by atoms with Gasteiger partial charge in [-0.05, 0) is 25.5 Å². The number of hydrogen-bond acceptors (Lipinski definition) is 7.